The topological polar surface area (TPSA) is 35.0 Å². The lowest BCUT2D eigenvalue weighted by atomic mass is 10.1. The Morgan fingerprint density at radius 2 is 1.95 bits per heavy atom. The molecule has 0 saturated carbocycles. The highest BCUT2D eigenvalue weighted by Gasteiger charge is 2.10. The van der Waals surface area contributed by atoms with Gasteiger partial charge in [-0.3, -0.25) is 0 Å². The summed E-state index contributed by atoms with van der Waals surface area (Å²) in [5, 5.41) is 3.03. The zero-order chi connectivity index (χ0) is 13.4. The maximum Gasteiger partial charge on any atom is 0.232 e. The fraction of sp³-hybridized carbons (Fsp3) is 0.143. The van der Waals surface area contributed by atoms with Crippen LogP contribution in [0.3, 0.4) is 0 Å². The SMILES string of the molecule is Cc1ccc(Oc2nc(Cl)nc3sccc23)cc1C. The van der Waals surface area contributed by atoms with Crippen molar-refractivity contribution < 1.29 is 4.74 Å². The summed E-state index contributed by atoms with van der Waals surface area (Å²) < 4.78 is 5.84. The maximum atomic E-state index is 5.91. The Bertz CT molecular complexity index is 754. The fourth-order valence-electron chi connectivity index (χ4n) is 1.77. The summed E-state index contributed by atoms with van der Waals surface area (Å²) in [6, 6.07) is 7.88. The van der Waals surface area contributed by atoms with E-state index in [4.69, 9.17) is 16.3 Å². The minimum atomic E-state index is 0.203. The molecule has 3 rings (SSSR count). The van der Waals surface area contributed by atoms with Crippen LogP contribution in [0.4, 0.5) is 0 Å². The van der Waals surface area contributed by atoms with Crippen molar-refractivity contribution in [3.05, 3.63) is 46.1 Å². The summed E-state index contributed by atoms with van der Waals surface area (Å²) in [5.41, 5.74) is 2.41. The Labute approximate surface area is 119 Å². The first-order valence-electron chi connectivity index (χ1n) is 5.79. The molecule has 0 aliphatic carbocycles. The second kappa shape index (κ2) is 4.79. The van der Waals surface area contributed by atoms with E-state index in [0.29, 0.717) is 5.88 Å². The van der Waals surface area contributed by atoms with E-state index in [1.807, 2.05) is 29.6 Å². The van der Waals surface area contributed by atoms with Gasteiger partial charge < -0.3 is 4.74 Å². The lowest BCUT2D eigenvalue weighted by Gasteiger charge is -2.08. The zero-order valence-corrected chi connectivity index (χ0v) is 12.0. The van der Waals surface area contributed by atoms with Crippen LogP contribution in [0.15, 0.2) is 29.6 Å². The van der Waals surface area contributed by atoms with Crippen LogP contribution in [0, 0.1) is 13.8 Å². The molecule has 0 fully saturated rings. The summed E-state index contributed by atoms with van der Waals surface area (Å²) in [4.78, 5) is 9.15. The Balaban J connectivity index is 2.04. The number of nitrogens with zero attached hydrogens (tertiary/aromatic N) is 2. The standard InChI is InChI=1S/C14H11ClN2OS/c1-8-3-4-10(7-9(8)2)18-12-11-5-6-19-13(11)17-14(15)16-12/h3-7H,1-2H3. The summed E-state index contributed by atoms with van der Waals surface area (Å²) in [6.45, 7) is 4.12. The van der Waals surface area contributed by atoms with Crippen LogP contribution in [0.2, 0.25) is 5.28 Å². The van der Waals surface area contributed by atoms with E-state index < -0.39 is 0 Å². The van der Waals surface area contributed by atoms with Gasteiger partial charge in [-0.05, 0) is 60.2 Å². The monoisotopic (exact) mass is 290 g/mol. The number of ether oxygens (including phenoxy) is 1. The van der Waals surface area contributed by atoms with Crippen LogP contribution in [0.5, 0.6) is 11.6 Å². The van der Waals surface area contributed by atoms with Gasteiger partial charge in [0.25, 0.3) is 0 Å². The first-order valence-corrected chi connectivity index (χ1v) is 7.05. The third-order valence-electron chi connectivity index (χ3n) is 2.96. The molecule has 3 nitrogen and oxygen atoms in total. The van der Waals surface area contributed by atoms with Gasteiger partial charge in [0.1, 0.15) is 10.6 Å². The largest absolute Gasteiger partial charge is 0.438 e. The van der Waals surface area contributed by atoms with E-state index in [1.54, 1.807) is 0 Å². The Kier molecular flexibility index (Phi) is 3.12. The number of aryl methyl sites for hydroxylation is 2. The number of benzene rings is 1. The number of hydrogen-bond acceptors (Lipinski definition) is 4. The lowest BCUT2D eigenvalue weighted by Crippen LogP contribution is -1.92. The average molecular weight is 291 g/mol. The molecule has 0 saturated heterocycles. The molecule has 2 aromatic heterocycles. The van der Waals surface area contributed by atoms with Gasteiger partial charge in [0.05, 0.1) is 5.39 Å². The quantitative estimate of drug-likeness (QED) is 0.639. The molecule has 0 N–H and O–H groups in total. The normalized spacial score (nSPS) is 10.9. The predicted molar refractivity (Wildman–Crippen MR) is 78.4 cm³/mol. The molecule has 2 heterocycles. The van der Waals surface area contributed by atoms with Gasteiger partial charge in [-0.25, -0.2) is 4.98 Å². The van der Waals surface area contributed by atoms with Crippen molar-refractivity contribution in [3.63, 3.8) is 0 Å². The van der Waals surface area contributed by atoms with Crippen molar-refractivity contribution >= 4 is 33.2 Å². The van der Waals surface area contributed by atoms with Crippen LogP contribution in [0.25, 0.3) is 10.2 Å². The number of thiophene rings is 1. The van der Waals surface area contributed by atoms with Gasteiger partial charge in [-0.2, -0.15) is 4.98 Å². The molecule has 3 aromatic rings. The van der Waals surface area contributed by atoms with Gasteiger partial charge in [0, 0.05) is 0 Å². The molecule has 19 heavy (non-hydrogen) atoms. The summed E-state index contributed by atoms with van der Waals surface area (Å²) in [5.74, 6) is 1.25. The van der Waals surface area contributed by atoms with Gasteiger partial charge >= 0.3 is 0 Å². The second-order valence-corrected chi connectivity index (χ2v) is 5.52. The van der Waals surface area contributed by atoms with Crippen LogP contribution in [-0.4, -0.2) is 9.97 Å². The van der Waals surface area contributed by atoms with Crippen molar-refractivity contribution in [1.29, 1.82) is 0 Å². The molecule has 0 aliphatic rings. The van der Waals surface area contributed by atoms with Crippen LogP contribution in [-0.2, 0) is 0 Å². The number of fused-ring (bicyclic) bond motifs is 1. The van der Waals surface area contributed by atoms with Gasteiger partial charge in [-0.15, -0.1) is 11.3 Å². The van der Waals surface area contributed by atoms with Crippen LogP contribution < -0.4 is 4.74 Å². The predicted octanol–water partition coefficient (Wildman–Crippen LogP) is 4.75. The number of aromatic nitrogens is 2. The molecule has 0 radical (unpaired) electrons. The smallest absolute Gasteiger partial charge is 0.232 e. The highest BCUT2D eigenvalue weighted by atomic mass is 35.5. The number of rotatable bonds is 2. The Morgan fingerprint density at radius 3 is 2.74 bits per heavy atom. The van der Waals surface area contributed by atoms with Crippen molar-refractivity contribution in [3.8, 4) is 11.6 Å². The van der Waals surface area contributed by atoms with E-state index >= 15 is 0 Å². The molecule has 0 spiro atoms. The van der Waals surface area contributed by atoms with E-state index in [2.05, 4.69) is 23.8 Å². The number of halogens is 1. The third-order valence-corrected chi connectivity index (χ3v) is 3.93. The van der Waals surface area contributed by atoms with Gasteiger partial charge in [-0.1, -0.05) is 6.07 Å². The molecule has 0 aliphatic heterocycles. The van der Waals surface area contributed by atoms with Gasteiger partial charge in [0.2, 0.25) is 11.2 Å². The Hall–Kier alpha value is -1.65. The second-order valence-electron chi connectivity index (χ2n) is 4.29. The van der Waals surface area contributed by atoms with E-state index in [-0.39, 0.29) is 5.28 Å². The molecule has 0 bridgehead atoms. The molecule has 1 aromatic carbocycles. The summed E-state index contributed by atoms with van der Waals surface area (Å²) in [7, 11) is 0. The fourth-order valence-corrected chi connectivity index (χ4v) is 2.74. The molecule has 0 unspecified atom stereocenters. The molecular weight excluding hydrogens is 280 g/mol. The van der Waals surface area contributed by atoms with E-state index in [9.17, 15) is 0 Å². The first-order chi connectivity index (χ1) is 9.13. The highest BCUT2D eigenvalue weighted by Crippen LogP contribution is 2.31. The third kappa shape index (κ3) is 2.41. The molecule has 5 heteroatoms. The van der Waals surface area contributed by atoms with E-state index in [1.165, 1.54) is 22.5 Å². The summed E-state index contributed by atoms with van der Waals surface area (Å²) >= 11 is 7.42. The van der Waals surface area contributed by atoms with Crippen molar-refractivity contribution in [2.75, 3.05) is 0 Å². The molecule has 96 valence electrons. The van der Waals surface area contributed by atoms with E-state index in [0.717, 1.165) is 16.0 Å². The molecule has 0 amide bonds. The minimum absolute atomic E-state index is 0.203. The average Bonchev–Trinajstić information content (AvgIpc) is 2.82. The first kappa shape index (κ1) is 12.4. The van der Waals surface area contributed by atoms with Gasteiger partial charge in [0.15, 0.2) is 0 Å². The highest BCUT2D eigenvalue weighted by molar-refractivity contribution is 7.16. The lowest BCUT2D eigenvalue weighted by molar-refractivity contribution is 0.468. The maximum absolute atomic E-state index is 5.91. The Morgan fingerprint density at radius 1 is 1.11 bits per heavy atom. The van der Waals surface area contributed by atoms with Crippen LogP contribution >= 0.6 is 22.9 Å². The minimum Gasteiger partial charge on any atom is -0.438 e. The van der Waals surface area contributed by atoms with Crippen molar-refractivity contribution in [1.82, 2.24) is 9.97 Å². The molecule has 0 atom stereocenters. The summed E-state index contributed by atoms with van der Waals surface area (Å²) in [6.07, 6.45) is 0. The zero-order valence-electron chi connectivity index (χ0n) is 10.5. The molecular formula is C14H11ClN2OS. The van der Waals surface area contributed by atoms with Crippen LogP contribution in [0.1, 0.15) is 11.1 Å². The van der Waals surface area contributed by atoms with Crippen molar-refractivity contribution in [2.45, 2.75) is 13.8 Å². The van der Waals surface area contributed by atoms with Crippen molar-refractivity contribution in [2.24, 2.45) is 0 Å². The number of hydrogen-bond donors (Lipinski definition) is 0.